The van der Waals surface area contributed by atoms with E-state index in [4.69, 9.17) is 11.6 Å². The van der Waals surface area contributed by atoms with E-state index in [1.54, 1.807) is 0 Å². The van der Waals surface area contributed by atoms with Crippen LogP contribution in [0.15, 0.2) is 24.3 Å². The van der Waals surface area contributed by atoms with Gasteiger partial charge in [-0.05, 0) is 36.2 Å². The molecular formula is C22H33ClO. The Morgan fingerprint density at radius 2 is 1.79 bits per heavy atom. The monoisotopic (exact) mass is 348 g/mol. The number of rotatable bonds is 9. The Kier molecular flexibility index (Phi) is 8.32. The van der Waals surface area contributed by atoms with Gasteiger partial charge in [0.15, 0.2) is 5.78 Å². The molecule has 1 atom stereocenters. The third-order valence-corrected chi connectivity index (χ3v) is 6.08. The summed E-state index contributed by atoms with van der Waals surface area (Å²) >= 11 is 5.66. The molecule has 0 amide bonds. The van der Waals surface area contributed by atoms with Crippen LogP contribution in [-0.4, -0.2) is 11.7 Å². The number of carbonyl (C=O) groups is 1. The zero-order valence-corrected chi connectivity index (χ0v) is 16.2. The molecular weight excluding hydrogens is 316 g/mol. The smallest absolute Gasteiger partial charge is 0.164 e. The maximum absolute atomic E-state index is 11.9. The highest BCUT2D eigenvalue weighted by Crippen LogP contribution is 2.39. The number of hydrogen-bond donors (Lipinski definition) is 0. The fraction of sp³-hybridized carbons (Fsp3) is 0.682. The van der Waals surface area contributed by atoms with E-state index < -0.39 is 0 Å². The highest BCUT2D eigenvalue weighted by atomic mass is 35.5. The van der Waals surface area contributed by atoms with E-state index >= 15 is 0 Å². The second-order valence-electron chi connectivity index (χ2n) is 7.55. The third-order valence-electron chi connectivity index (χ3n) is 5.89. The first-order valence-electron chi connectivity index (χ1n) is 9.84. The van der Waals surface area contributed by atoms with Crippen LogP contribution in [0, 0.1) is 11.8 Å². The molecule has 2 rings (SSSR count). The van der Waals surface area contributed by atoms with Crippen molar-refractivity contribution in [3.05, 3.63) is 35.4 Å². The molecule has 1 aromatic rings. The fourth-order valence-electron chi connectivity index (χ4n) is 4.13. The van der Waals surface area contributed by atoms with Crippen molar-refractivity contribution in [3.63, 3.8) is 0 Å². The lowest BCUT2D eigenvalue weighted by atomic mass is 9.73. The lowest BCUT2D eigenvalue weighted by molar-refractivity contribution is 0.0989. The number of hydrogen-bond acceptors (Lipinski definition) is 1. The summed E-state index contributed by atoms with van der Waals surface area (Å²) in [6.07, 6.45) is 11.6. The van der Waals surface area contributed by atoms with Crippen molar-refractivity contribution >= 4 is 17.4 Å². The fourth-order valence-corrected chi connectivity index (χ4v) is 4.31. The van der Waals surface area contributed by atoms with Gasteiger partial charge in [-0.3, -0.25) is 4.79 Å². The van der Waals surface area contributed by atoms with Crippen molar-refractivity contribution in [3.8, 4) is 0 Å². The van der Waals surface area contributed by atoms with E-state index in [0.29, 0.717) is 18.2 Å². The van der Waals surface area contributed by atoms with Crippen LogP contribution in [-0.2, 0) is 0 Å². The summed E-state index contributed by atoms with van der Waals surface area (Å²) in [4.78, 5) is 11.9. The molecule has 0 saturated heterocycles. The van der Waals surface area contributed by atoms with Gasteiger partial charge in [-0.25, -0.2) is 0 Å². The maximum atomic E-state index is 11.9. The van der Waals surface area contributed by atoms with Crippen molar-refractivity contribution in [2.45, 2.75) is 77.6 Å². The lowest BCUT2D eigenvalue weighted by Gasteiger charge is -2.32. The van der Waals surface area contributed by atoms with Gasteiger partial charge in [-0.1, -0.05) is 76.6 Å². The summed E-state index contributed by atoms with van der Waals surface area (Å²) in [6, 6.07) is 8.27. The molecule has 1 fully saturated rings. The predicted molar refractivity (Wildman–Crippen MR) is 104 cm³/mol. The highest BCUT2D eigenvalue weighted by Gasteiger charge is 2.25. The first-order chi connectivity index (χ1) is 11.7. The molecule has 0 radical (unpaired) electrons. The van der Waals surface area contributed by atoms with Gasteiger partial charge >= 0.3 is 0 Å². The van der Waals surface area contributed by atoms with E-state index in [9.17, 15) is 4.79 Å². The Bertz CT molecular complexity index is 485. The minimum absolute atomic E-state index is 0.150. The van der Waals surface area contributed by atoms with Crippen molar-refractivity contribution in [1.82, 2.24) is 0 Å². The van der Waals surface area contributed by atoms with Crippen molar-refractivity contribution in [2.24, 2.45) is 11.8 Å². The molecule has 2 heteroatoms. The van der Waals surface area contributed by atoms with Gasteiger partial charge in [-0.15, -0.1) is 11.6 Å². The second kappa shape index (κ2) is 10.2. The van der Waals surface area contributed by atoms with Gasteiger partial charge in [0.1, 0.15) is 0 Å². The molecule has 1 unspecified atom stereocenters. The molecule has 0 bridgehead atoms. The van der Waals surface area contributed by atoms with E-state index in [2.05, 4.69) is 26.0 Å². The molecule has 1 aromatic carbocycles. The average Bonchev–Trinajstić information content (AvgIpc) is 2.62. The molecule has 0 spiro atoms. The minimum Gasteiger partial charge on any atom is -0.294 e. The normalized spacial score (nSPS) is 22.3. The average molecular weight is 349 g/mol. The first kappa shape index (κ1) is 19.5. The SMILES string of the molecule is CCCCCC1CCC(C(C)c2ccc(C(=O)CCCl)cc2)CC1. The van der Waals surface area contributed by atoms with Crippen LogP contribution < -0.4 is 0 Å². The molecule has 0 aliphatic heterocycles. The van der Waals surface area contributed by atoms with Crippen LogP contribution in [0.5, 0.6) is 0 Å². The van der Waals surface area contributed by atoms with E-state index in [1.807, 2.05) is 12.1 Å². The molecule has 134 valence electrons. The van der Waals surface area contributed by atoms with Gasteiger partial charge in [0, 0.05) is 17.9 Å². The quantitative estimate of drug-likeness (QED) is 0.267. The van der Waals surface area contributed by atoms with Crippen LogP contribution in [0.25, 0.3) is 0 Å². The predicted octanol–water partition coefficient (Wildman–Crippen LogP) is 6.99. The largest absolute Gasteiger partial charge is 0.294 e. The summed E-state index contributed by atoms with van der Waals surface area (Å²) in [5, 5.41) is 0. The Hall–Kier alpha value is -0.820. The van der Waals surface area contributed by atoms with Gasteiger partial charge < -0.3 is 0 Å². The molecule has 0 N–H and O–H groups in total. The van der Waals surface area contributed by atoms with Gasteiger partial charge in [0.05, 0.1) is 0 Å². The van der Waals surface area contributed by atoms with Gasteiger partial charge in [0.25, 0.3) is 0 Å². The van der Waals surface area contributed by atoms with Gasteiger partial charge in [-0.2, -0.15) is 0 Å². The number of ketones is 1. The number of Topliss-reactive ketones (excluding diaryl/α,β-unsaturated/α-hetero) is 1. The maximum Gasteiger partial charge on any atom is 0.164 e. The zero-order valence-electron chi connectivity index (χ0n) is 15.4. The highest BCUT2D eigenvalue weighted by molar-refractivity contribution is 6.19. The third kappa shape index (κ3) is 5.62. The number of benzene rings is 1. The summed E-state index contributed by atoms with van der Waals surface area (Å²) in [6.45, 7) is 4.64. The minimum atomic E-state index is 0.150. The van der Waals surface area contributed by atoms with E-state index in [1.165, 1.54) is 56.9 Å². The Balaban J connectivity index is 1.84. The molecule has 24 heavy (non-hydrogen) atoms. The topological polar surface area (TPSA) is 17.1 Å². The lowest BCUT2D eigenvalue weighted by Crippen LogP contribution is -2.19. The second-order valence-corrected chi connectivity index (χ2v) is 7.93. The van der Waals surface area contributed by atoms with Crippen LogP contribution in [0.1, 0.15) is 93.5 Å². The zero-order chi connectivity index (χ0) is 17.4. The molecule has 0 heterocycles. The molecule has 0 aromatic heterocycles. The van der Waals surface area contributed by atoms with Crippen molar-refractivity contribution in [2.75, 3.05) is 5.88 Å². The van der Waals surface area contributed by atoms with Crippen LogP contribution in [0.2, 0.25) is 0 Å². The summed E-state index contributed by atoms with van der Waals surface area (Å²) in [5.74, 6) is 2.92. The molecule has 1 nitrogen and oxygen atoms in total. The first-order valence-corrected chi connectivity index (χ1v) is 10.4. The van der Waals surface area contributed by atoms with Crippen molar-refractivity contribution in [1.29, 1.82) is 0 Å². The van der Waals surface area contributed by atoms with Crippen LogP contribution in [0.3, 0.4) is 0 Å². The molecule has 1 aliphatic rings. The number of carbonyl (C=O) groups excluding carboxylic acids is 1. The van der Waals surface area contributed by atoms with Crippen LogP contribution in [0.4, 0.5) is 0 Å². The summed E-state index contributed by atoms with van der Waals surface area (Å²) < 4.78 is 0. The Labute approximate surface area is 153 Å². The summed E-state index contributed by atoms with van der Waals surface area (Å²) in [7, 11) is 0. The van der Waals surface area contributed by atoms with Crippen molar-refractivity contribution < 1.29 is 4.79 Å². The van der Waals surface area contributed by atoms with E-state index in [0.717, 1.165) is 17.4 Å². The summed E-state index contributed by atoms with van der Waals surface area (Å²) in [5.41, 5.74) is 2.18. The molecule has 1 saturated carbocycles. The Morgan fingerprint density at radius 3 is 2.38 bits per heavy atom. The number of halogens is 1. The standard InChI is InChI=1S/C22H33ClO/c1-3-4-5-6-18-7-9-19(10-8-18)17(2)20-11-13-21(14-12-20)22(24)15-16-23/h11-14,17-19H,3-10,15-16H2,1-2H3. The molecule has 1 aliphatic carbocycles. The van der Waals surface area contributed by atoms with E-state index in [-0.39, 0.29) is 5.78 Å². The Morgan fingerprint density at radius 1 is 1.12 bits per heavy atom. The van der Waals surface area contributed by atoms with Gasteiger partial charge in [0.2, 0.25) is 0 Å². The number of unbranched alkanes of at least 4 members (excludes halogenated alkanes) is 2. The van der Waals surface area contributed by atoms with Crippen LogP contribution >= 0.6 is 11.6 Å². The number of alkyl halides is 1.